The molecule has 2 heteroatoms. The normalized spacial score (nSPS) is 45.1. The highest BCUT2D eigenvalue weighted by atomic mass is 16.3. The summed E-state index contributed by atoms with van der Waals surface area (Å²) < 4.78 is 0. The van der Waals surface area contributed by atoms with E-state index in [2.05, 4.69) is 26.8 Å². The van der Waals surface area contributed by atoms with Crippen molar-refractivity contribution in [1.82, 2.24) is 0 Å². The first-order valence-electron chi connectivity index (χ1n) is 6.83. The molecule has 5 atom stereocenters. The molecule has 2 aliphatic carbocycles. The lowest BCUT2D eigenvalue weighted by Gasteiger charge is -2.45. The van der Waals surface area contributed by atoms with Crippen LogP contribution in [0, 0.1) is 23.2 Å². The van der Waals surface area contributed by atoms with E-state index in [4.69, 9.17) is 0 Å². The fraction of sp³-hybridized carbons (Fsp3) is 0.867. The minimum absolute atomic E-state index is 0.124. The fourth-order valence-corrected chi connectivity index (χ4v) is 4.16. The molecule has 0 aromatic heterocycles. The molecular weight excluding hydrogens is 212 g/mol. The van der Waals surface area contributed by atoms with Gasteiger partial charge in [-0.15, -0.1) is 0 Å². The fourth-order valence-electron chi connectivity index (χ4n) is 4.16. The molecule has 0 radical (unpaired) electrons. The molecular formula is C15H26O2. The second kappa shape index (κ2) is 4.10. The third-order valence-electron chi connectivity index (χ3n) is 5.81. The molecule has 2 N–H and O–H groups in total. The number of aliphatic hydroxyl groups is 2. The Morgan fingerprint density at radius 3 is 2.76 bits per heavy atom. The highest BCUT2D eigenvalue weighted by molar-refractivity contribution is 5.18. The van der Waals surface area contributed by atoms with Crippen molar-refractivity contribution in [3.8, 4) is 0 Å². The maximum Gasteiger partial charge on any atom is 0.0880 e. The monoisotopic (exact) mass is 238 g/mol. The van der Waals surface area contributed by atoms with Crippen LogP contribution >= 0.6 is 0 Å². The molecule has 2 aliphatic rings. The molecule has 0 bridgehead atoms. The zero-order valence-corrected chi connectivity index (χ0v) is 11.5. The van der Waals surface area contributed by atoms with E-state index in [0.29, 0.717) is 17.3 Å². The standard InChI is InChI=1S/C15H26O2/c1-10-5-6-12-13(15(4,17)9-16)7-8-14(12,3)11(10)2/h5,11-13,16-17H,6-9H2,1-4H3/t11-,12+,13+,14+,15-/m0/s1. The predicted molar refractivity (Wildman–Crippen MR) is 69.6 cm³/mol. The molecule has 1 saturated carbocycles. The summed E-state index contributed by atoms with van der Waals surface area (Å²) in [4.78, 5) is 0. The minimum atomic E-state index is -0.915. The molecule has 0 unspecified atom stereocenters. The first kappa shape index (κ1) is 13.1. The van der Waals surface area contributed by atoms with E-state index in [9.17, 15) is 10.2 Å². The maximum absolute atomic E-state index is 10.4. The van der Waals surface area contributed by atoms with E-state index in [0.717, 1.165) is 12.8 Å². The highest BCUT2D eigenvalue weighted by Gasteiger charge is 2.54. The number of aliphatic hydroxyl groups excluding tert-OH is 1. The van der Waals surface area contributed by atoms with Crippen LogP contribution in [-0.4, -0.2) is 22.4 Å². The lowest BCUT2D eigenvalue weighted by atomic mass is 9.61. The van der Waals surface area contributed by atoms with Gasteiger partial charge in [-0.1, -0.05) is 25.5 Å². The van der Waals surface area contributed by atoms with Crippen LogP contribution in [0.25, 0.3) is 0 Å². The third kappa shape index (κ3) is 1.86. The van der Waals surface area contributed by atoms with Crippen molar-refractivity contribution >= 4 is 0 Å². The van der Waals surface area contributed by atoms with Gasteiger partial charge in [-0.05, 0) is 56.3 Å². The quantitative estimate of drug-likeness (QED) is 0.726. The second-order valence-electron chi connectivity index (χ2n) is 6.68. The zero-order valence-electron chi connectivity index (χ0n) is 11.5. The van der Waals surface area contributed by atoms with E-state index >= 15 is 0 Å². The van der Waals surface area contributed by atoms with Crippen LogP contribution in [-0.2, 0) is 0 Å². The van der Waals surface area contributed by atoms with Gasteiger partial charge in [0, 0.05) is 0 Å². The molecule has 2 nitrogen and oxygen atoms in total. The Balaban J connectivity index is 2.30. The summed E-state index contributed by atoms with van der Waals surface area (Å²) in [6, 6.07) is 0. The van der Waals surface area contributed by atoms with Gasteiger partial charge in [-0.3, -0.25) is 0 Å². The number of rotatable bonds is 2. The van der Waals surface area contributed by atoms with Crippen LogP contribution in [0.3, 0.4) is 0 Å². The largest absolute Gasteiger partial charge is 0.393 e. The summed E-state index contributed by atoms with van der Waals surface area (Å²) in [5, 5.41) is 19.7. The van der Waals surface area contributed by atoms with Crippen LogP contribution in [0.15, 0.2) is 11.6 Å². The van der Waals surface area contributed by atoms with E-state index < -0.39 is 5.60 Å². The SMILES string of the molecule is CC1=CC[C@@H]2[C@H]([C@@](C)(O)CO)CC[C@]2(C)[C@H]1C. The number of hydrogen-bond acceptors (Lipinski definition) is 2. The Labute approximate surface area is 105 Å². The smallest absolute Gasteiger partial charge is 0.0880 e. The van der Waals surface area contributed by atoms with Crippen molar-refractivity contribution in [3.05, 3.63) is 11.6 Å². The van der Waals surface area contributed by atoms with E-state index in [1.165, 1.54) is 12.0 Å². The molecule has 0 aromatic rings. The Kier molecular flexibility index (Phi) is 3.16. The maximum atomic E-state index is 10.4. The van der Waals surface area contributed by atoms with E-state index in [1.807, 2.05) is 0 Å². The van der Waals surface area contributed by atoms with Crippen LogP contribution in [0.2, 0.25) is 0 Å². The molecule has 2 rings (SSSR count). The average Bonchev–Trinajstić information content (AvgIpc) is 2.64. The summed E-state index contributed by atoms with van der Waals surface area (Å²) in [7, 11) is 0. The van der Waals surface area contributed by atoms with Gasteiger partial charge in [-0.2, -0.15) is 0 Å². The second-order valence-corrected chi connectivity index (χ2v) is 6.68. The van der Waals surface area contributed by atoms with Gasteiger partial charge < -0.3 is 10.2 Å². The van der Waals surface area contributed by atoms with Crippen LogP contribution in [0.4, 0.5) is 0 Å². The Hall–Kier alpha value is -0.340. The van der Waals surface area contributed by atoms with E-state index in [1.54, 1.807) is 6.92 Å². The summed E-state index contributed by atoms with van der Waals surface area (Å²) in [5.41, 5.74) is 0.886. The third-order valence-corrected chi connectivity index (χ3v) is 5.81. The van der Waals surface area contributed by atoms with Crippen molar-refractivity contribution in [2.45, 2.75) is 52.6 Å². The van der Waals surface area contributed by atoms with Gasteiger partial charge in [0.1, 0.15) is 0 Å². The lowest BCUT2D eigenvalue weighted by Crippen LogP contribution is -2.45. The van der Waals surface area contributed by atoms with E-state index in [-0.39, 0.29) is 12.5 Å². The topological polar surface area (TPSA) is 40.5 Å². The summed E-state index contributed by atoms with van der Waals surface area (Å²) in [6.45, 7) is 8.57. The van der Waals surface area contributed by atoms with Gasteiger partial charge in [0.05, 0.1) is 12.2 Å². The Bertz CT molecular complexity index is 332. The van der Waals surface area contributed by atoms with Crippen molar-refractivity contribution in [3.63, 3.8) is 0 Å². The van der Waals surface area contributed by atoms with Crippen LogP contribution in [0.5, 0.6) is 0 Å². The van der Waals surface area contributed by atoms with Crippen molar-refractivity contribution in [2.75, 3.05) is 6.61 Å². The molecule has 17 heavy (non-hydrogen) atoms. The van der Waals surface area contributed by atoms with Crippen molar-refractivity contribution < 1.29 is 10.2 Å². The molecule has 0 saturated heterocycles. The molecule has 0 aliphatic heterocycles. The summed E-state index contributed by atoms with van der Waals surface area (Å²) in [5.74, 6) is 1.35. The molecule has 98 valence electrons. The van der Waals surface area contributed by atoms with Gasteiger partial charge in [0.2, 0.25) is 0 Å². The summed E-state index contributed by atoms with van der Waals surface area (Å²) in [6.07, 6.45) is 5.61. The first-order chi connectivity index (χ1) is 7.83. The highest BCUT2D eigenvalue weighted by Crippen LogP contribution is 2.59. The number of hydrogen-bond donors (Lipinski definition) is 2. The number of allylic oxidation sites excluding steroid dienone is 2. The minimum Gasteiger partial charge on any atom is -0.393 e. The van der Waals surface area contributed by atoms with Crippen LogP contribution < -0.4 is 0 Å². The lowest BCUT2D eigenvalue weighted by molar-refractivity contribution is -0.0712. The number of fused-ring (bicyclic) bond motifs is 1. The molecule has 0 aromatic carbocycles. The molecule has 1 fully saturated rings. The van der Waals surface area contributed by atoms with Gasteiger partial charge in [-0.25, -0.2) is 0 Å². The van der Waals surface area contributed by atoms with Gasteiger partial charge in [0.25, 0.3) is 0 Å². The molecule has 0 amide bonds. The van der Waals surface area contributed by atoms with Crippen molar-refractivity contribution in [1.29, 1.82) is 0 Å². The van der Waals surface area contributed by atoms with Gasteiger partial charge in [0.15, 0.2) is 0 Å². The first-order valence-corrected chi connectivity index (χ1v) is 6.83. The predicted octanol–water partition coefficient (Wildman–Crippen LogP) is 2.75. The van der Waals surface area contributed by atoms with Crippen molar-refractivity contribution in [2.24, 2.45) is 23.2 Å². The average molecular weight is 238 g/mol. The van der Waals surface area contributed by atoms with Crippen LogP contribution in [0.1, 0.15) is 47.0 Å². The Morgan fingerprint density at radius 2 is 2.18 bits per heavy atom. The van der Waals surface area contributed by atoms with Gasteiger partial charge >= 0.3 is 0 Å². The zero-order chi connectivity index (χ0) is 12.8. The molecule has 0 spiro atoms. The summed E-state index contributed by atoms with van der Waals surface area (Å²) >= 11 is 0. The Morgan fingerprint density at radius 1 is 1.53 bits per heavy atom. The molecule has 0 heterocycles.